The molecule has 2 fully saturated rings. The quantitative estimate of drug-likeness (QED) is 0.661. The lowest BCUT2D eigenvalue weighted by Gasteiger charge is -2.24. The molecule has 156 valence electrons. The van der Waals surface area contributed by atoms with Gasteiger partial charge in [-0.3, -0.25) is 9.69 Å². The van der Waals surface area contributed by atoms with E-state index in [1.165, 1.54) is 25.9 Å². The third-order valence-electron chi connectivity index (χ3n) is 6.46. The second kappa shape index (κ2) is 7.84. The Kier molecular flexibility index (Phi) is 5.03. The van der Waals surface area contributed by atoms with E-state index in [2.05, 4.69) is 23.8 Å². The van der Waals surface area contributed by atoms with Crippen LogP contribution in [-0.2, 0) is 0 Å². The summed E-state index contributed by atoms with van der Waals surface area (Å²) in [6, 6.07) is 12.7. The van der Waals surface area contributed by atoms with Gasteiger partial charge < -0.3 is 4.90 Å². The molecule has 6 heteroatoms. The highest BCUT2D eigenvalue weighted by atomic mass is 16.2. The number of hydrogen-bond donors (Lipinski definition) is 0. The Bertz CT molecular complexity index is 1050. The molecule has 30 heavy (non-hydrogen) atoms. The van der Waals surface area contributed by atoms with Crippen molar-refractivity contribution in [2.75, 3.05) is 26.2 Å². The van der Waals surface area contributed by atoms with Crippen molar-refractivity contribution < 1.29 is 4.79 Å². The SMILES string of the molecule is CC(C)n1ncc2c(C(=O)N3CCC(N4CCCC4)C3)cc(-c3ccccc3)nc21. The van der Waals surface area contributed by atoms with Gasteiger partial charge in [0.25, 0.3) is 5.91 Å². The summed E-state index contributed by atoms with van der Waals surface area (Å²) in [7, 11) is 0. The molecule has 3 aromatic rings. The van der Waals surface area contributed by atoms with Crippen molar-refractivity contribution in [2.24, 2.45) is 0 Å². The number of carbonyl (C=O) groups excluding carboxylic acids is 1. The Morgan fingerprint density at radius 2 is 1.87 bits per heavy atom. The van der Waals surface area contributed by atoms with E-state index in [0.717, 1.165) is 41.8 Å². The van der Waals surface area contributed by atoms with Crippen LogP contribution in [0.3, 0.4) is 0 Å². The van der Waals surface area contributed by atoms with E-state index in [0.29, 0.717) is 11.6 Å². The van der Waals surface area contributed by atoms with Gasteiger partial charge in [0.2, 0.25) is 0 Å². The summed E-state index contributed by atoms with van der Waals surface area (Å²) < 4.78 is 1.91. The molecule has 4 heterocycles. The van der Waals surface area contributed by atoms with Crippen LogP contribution in [0.25, 0.3) is 22.3 Å². The van der Waals surface area contributed by atoms with Gasteiger partial charge in [-0.15, -0.1) is 0 Å². The summed E-state index contributed by atoms with van der Waals surface area (Å²) in [6.45, 7) is 8.17. The first kappa shape index (κ1) is 19.2. The summed E-state index contributed by atoms with van der Waals surface area (Å²) in [4.78, 5) is 23.1. The van der Waals surface area contributed by atoms with Gasteiger partial charge in [-0.2, -0.15) is 5.10 Å². The minimum Gasteiger partial charge on any atom is -0.337 e. The Balaban J connectivity index is 1.53. The van der Waals surface area contributed by atoms with Crippen molar-refractivity contribution in [1.29, 1.82) is 0 Å². The average molecular weight is 404 g/mol. The number of rotatable bonds is 4. The third kappa shape index (κ3) is 3.39. The average Bonchev–Trinajstić information content (AvgIpc) is 3.53. The van der Waals surface area contributed by atoms with Crippen molar-refractivity contribution in [2.45, 2.75) is 45.2 Å². The Labute approximate surface area is 177 Å². The molecule has 5 rings (SSSR count). The molecule has 6 nitrogen and oxygen atoms in total. The van der Waals surface area contributed by atoms with Crippen molar-refractivity contribution in [1.82, 2.24) is 24.6 Å². The molecule has 1 aromatic carbocycles. The number of likely N-dealkylation sites (tertiary alicyclic amines) is 2. The third-order valence-corrected chi connectivity index (χ3v) is 6.46. The molecule has 0 aliphatic carbocycles. The van der Waals surface area contributed by atoms with Gasteiger partial charge in [0.05, 0.1) is 22.8 Å². The summed E-state index contributed by atoms with van der Waals surface area (Å²) in [5, 5.41) is 5.40. The van der Waals surface area contributed by atoms with Crippen LogP contribution >= 0.6 is 0 Å². The van der Waals surface area contributed by atoms with Crippen LogP contribution in [0, 0.1) is 0 Å². The number of hydrogen-bond acceptors (Lipinski definition) is 4. The normalized spacial score (nSPS) is 20.0. The number of fused-ring (bicyclic) bond motifs is 1. The predicted octanol–water partition coefficient (Wildman–Crippen LogP) is 3.99. The number of benzene rings is 1. The number of nitrogens with zero attached hydrogens (tertiary/aromatic N) is 5. The van der Waals surface area contributed by atoms with Crippen molar-refractivity contribution in [3.63, 3.8) is 0 Å². The molecule has 0 spiro atoms. The summed E-state index contributed by atoms with van der Waals surface area (Å²) >= 11 is 0. The topological polar surface area (TPSA) is 54.3 Å². The molecule has 2 aliphatic rings. The Morgan fingerprint density at radius 3 is 2.60 bits per heavy atom. The first-order chi connectivity index (χ1) is 14.6. The Hall–Kier alpha value is -2.73. The maximum atomic E-state index is 13.6. The molecule has 0 saturated carbocycles. The molecular weight excluding hydrogens is 374 g/mol. The predicted molar refractivity (Wildman–Crippen MR) is 118 cm³/mol. The summed E-state index contributed by atoms with van der Waals surface area (Å²) in [5.74, 6) is 0.101. The molecule has 1 unspecified atom stereocenters. The van der Waals surface area contributed by atoms with Crippen LogP contribution in [-0.4, -0.2) is 62.7 Å². The van der Waals surface area contributed by atoms with Gasteiger partial charge in [0, 0.05) is 30.7 Å². The molecule has 0 bridgehead atoms. The zero-order valence-electron chi connectivity index (χ0n) is 17.8. The highest BCUT2D eigenvalue weighted by molar-refractivity contribution is 6.06. The zero-order valence-corrected chi connectivity index (χ0v) is 17.8. The van der Waals surface area contributed by atoms with Gasteiger partial charge >= 0.3 is 0 Å². The first-order valence-corrected chi connectivity index (χ1v) is 11.1. The van der Waals surface area contributed by atoms with Crippen LogP contribution < -0.4 is 0 Å². The molecule has 2 saturated heterocycles. The van der Waals surface area contributed by atoms with E-state index in [1.54, 1.807) is 6.20 Å². The molecule has 2 aromatic heterocycles. The van der Waals surface area contributed by atoms with E-state index >= 15 is 0 Å². The van der Waals surface area contributed by atoms with Crippen molar-refractivity contribution >= 4 is 16.9 Å². The number of aromatic nitrogens is 3. The van der Waals surface area contributed by atoms with Gasteiger partial charge in [-0.05, 0) is 52.3 Å². The number of amides is 1. The van der Waals surface area contributed by atoms with Gasteiger partial charge in [-0.25, -0.2) is 9.67 Å². The van der Waals surface area contributed by atoms with E-state index in [-0.39, 0.29) is 11.9 Å². The van der Waals surface area contributed by atoms with E-state index in [9.17, 15) is 4.79 Å². The molecule has 2 aliphatic heterocycles. The van der Waals surface area contributed by atoms with Crippen LogP contribution in [0.4, 0.5) is 0 Å². The summed E-state index contributed by atoms with van der Waals surface area (Å²) in [5.41, 5.74) is 3.34. The Morgan fingerprint density at radius 1 is 1.10 bits per heavy atom. The summed E-state index contributed by atoms with van der Waals surface area (Å²) in [6.07, 6.45) is 5.43. The fourth-order valence-electron chi connectivity index (χ4n) is 4.83. The molecule has 1 amide bonds. The van der Waals surface area contributed by atoms with Crippen LogP contribution in [0.1, 0.15) is 49.5 Å². The zero-order chi connectivity index (χ0) is 20.7. The lowest BCUT2D eigenvalue weighted by molar-refractivity contribution is 0.0782. The number of carbonyl (C=O) groups is 1. The first-order valence-electron chi connectivity index (χ1n) is 11.1. The van der Waals surface area contributed by atoms with E-state index in [4.69, 9.17) is 4.98 Å². The molecule has 0 N–H and O–H groups in total. The second-order valence-electron chi connectivity index (χ2n) is 8.78. The van der Waals surface area contributed by atoms with Gasteiger partial charge in [0.1, 0.15) is 0 Å². The maximum Gasteiger partial charge on any atom is 0.254 e. The lowest BCUT2D eigenvalue weighted by Crippen LogP contribution is -2.37. The van der Waals surface area contributed by atoms with Crippen LogP contribution in [0.5, 0.6) is 0 Å². The fourth-order valence-corrected chi connectivity index (χ4v) is 4.83. The highest BCUT2D eigenvalue weighted by Gasteiger charge is 2.33. The minimum atomic E-state index is 0.101. The molecule has 0 radical (unpaired) electrons. The lowest BCUT2D eigenvalue weighted by atomic mass is 10.1. The van der Waals surface area contributed by atoms with E-state index < -0.39 is 0 Å². The smallest absolute Gasteiger partial charge is 0.254 e. The maximum absolute atomic E-state index is 13.6. The standard InChI is InChI=1S/C24H29N5O/c1-17(2)29-23-21(15-25-29)20(14-22(26-23)18-8-4-3-5-9-18)24(30)28-13-10-19(16-28)27-11-6-7-12-27/h3-5,8-9,14-15,17,19H,6-7,10-13,16H2,1-2H3. The largest absolute Gasteiger partial charge is 0.337 e. The highest BCUT2D eigenvalue weighted by Crippen LogP contribution is 2.29. The van der Waals surface area contributed by atoms with E-state index in [1.807, 2.05) is 46.0 Å². The van der Waals surface area contributed by atoms with Crippen molar-refractivity contribution in [3.05, 3.63) is 48.2 Å². The monoisotopic (exact) mass is 403 g/mol. The van der Waals surface area contributed by atoms with Gasteiger partial charge in [0.15, 0.2) is 5.65 Å². The fraction of sp³-hybridized carbons (Fsp3) is 0.458. The van der Waals surface area contributed by atoms with Gasteiger partial charge in [-0.1, -0.05) is 30.3 Å². The second-order valence-corrected chi connectivity index (χ2v) is 8.78. The van der Waals surface area contributed by atoms with Crippen LogP contribution in [0.15, 0.2) is 42.6 Å². The molecular formula is C24H29N5O. The van der Waals surface area contributed by atoms with Crippen LogP contribution in [0.2, 0.25) is 0 Å². The van der Waals surface area contributed by atoms with Crippen molar-refractivity contribution in [3.8, 4) is 11.3 Å². The number of pyridine rings is 1. The molecule has 1 atom stereocenters. The minimum absolute atomic E-state index is 0.101.